The highest BCUT2D eigenvalue weighted by atomic mass is 32.2. The monoisotopic (exact) mass is 266 g/mol. The predicted molar refractivity (Wildman–Crippen MR) is 75.6 cm³/mol. The van der Waals surface area contributed by atoms with Crippen LogP contribution in [0.15, 0.2) is 22.8 Å². The highest BCUT2D eigenvalue weighted by molar-refractivity contribution is 8.00. The van der Waals surface area contributed by atoms with E-state index in [0.29, 0.717) is 5.25 Å². The fourth-order valence-corrected chi connectivity index (χ4v) is 4.62. The number of hydrogen-bond acceptors (Lipinski definition) is 4. The van der Waals surface area contributed by atoms with Gasteiger partial charge in [0.15, 0.2) is 0 Å². The van der Waals surface area contributed by atoms with Crippen LogP contribution in [0.5, 0.6) is 0 Å². The molecule has 1 saturated heterocycles. The molecule has 18 heavy (non-hydrogen) atoms. The summed E-state index contributed by atoms with van der Waals surface area (Å²) < 4.78 is 5.54. The van der Waals surface area contributed by atoms with E-state index in [2.05, 4.69) is 29.7 Å². The van der Waals surface area contributed by atoms with Crippen molar-refractivity contribution in [2.75, 3.05) is 12.3 Å². The molecule has 3 nitrogen and oxygen atoms in total. The molecule has 0 aromatic carbocycles. The molecule has 2 heterocycles. The maximum absolute atomic E-state index is 6.17. The summed E-state index contributed by atoms with van der Waals surface area (Å²) in [6.07, 6.45) is 5.62. The third-order valence-corrected chi connectivity index (χ3v) is 5.86. The number of thioether (sulfide) groups is 1. The zero-order valence-corrected chi connectivity index (χ0v) is 11.8. The average Bonchev–Trinajstić information content (AvgIpc) is 2.95. The lowest BCUT2D eigenvalue weighted by molar-refractivity contribution is 0.0721. The molecule has 2 atom stereocenters. The van der Waals surface area contributed by atoms with Crippen molar-refractivity contribution in [3.8, 4) is 0 Å². The third kappa shape index (κ3) is 2.10. The van der Waals surface area contributed by atoms with Gasteiger partial charge >= 0.3 is 0 Å². The van der Waals surface area contributed by atoms with Gasteiger partial charge in [-0.2, -0.15) is 11.8 Å². The first-order valence-corrected chi connectivity index (χ1v) is 7.92. The Balaban J connectivity index is 1.83. The van der Waals surface area contributed by atoms with Crippen LogP contribution < -0.4 is 5.73 Å². The van der Waals surface area contributed by atoms with Gasteiger partial charge in [0.2, 0.25) is 0 Å². The summed E-state index contributed by atoms with van der Waals surface area (Å²) in [5.41, 5.74) is 6.35. The van der Waals surface area contributed by atoms with Crippen molar-refractivity contribution in [3.63, 3.8) is 0 Å². The van der Waals surface area contributed by atoms with Gasteiger partial charge in [-0.25, -0.2) is 0 Å². The highest BCUT2D eigenvalue weighted by Gasteiger charge is 2.49. The zero-order valence-electron chi connectivity index (χ0n) is 11.0. The van der Waals surface area contributed by atoms with E-state index in [0.717, 1.165) is 24.9 Å². The average molecular weight is 266 g/mol. The molecular formula is C14H22N2OS. The van der Waals surface area contributed by atoms with E-state index in [1.807, 2.05) is 6.07 Å². The van der Waals surface area contributed by atoms with Crippen LogP contribution in [0, 0.1) is 0 Å². The minimum Gasteiger partial charge on any atom is -0.468 e. The Morgan fingerprint density at radius 3 is 2.89 bits per heavy atom. The van der Waals surface area contributed by atoms with Crippen molar-refractivity contribution in [3.05, 3.63) is 24.2 Å². The normalized spacial score (nSPS) is 32.3. The standard InChI is InChI=1S/C14H22N2OS/c1-11-14(10-15,6-8-18-11)16(12-4-5-12)9-13-3-2-7-17-13/h2-3,7,11-12H,4-6,8-10,15H2,1H3. The summed E-state index contributed by atoms with van der Waals surface area (Å²) in [5.74, 6) is 2.30. The quantitative estimate of drug-likeness (QED) is 0.889. The molecule has 1 aliphatic heterocycles. The zero-order chi connectivity index (χ0) is 12.6. The maximum atomic E-state index is 6.17. The van der Waals surface area contributed by atoms with Crippen molar-refractivity contribution in [1.82, 2.24) is 4.90 Å². The first-order chi connectivity index (χ1) is 8.76. The van der Waals surface area contributed by atoms with Crippen molar-refractivity contribution in [2.24, 2.45) is 5.73 Å². The van der Waals surface area contributed by atoms with Crippen molar-refractivity contribution < 1.29 is 4.42 Å². The molecule has 4 heteroatoms. The minimum atomic E-state index is 0.179. The van der Waals surface area contributed by atoms with Crippen LogP contribution in [-0.4, -0.2) is 34.0 Å². The van der Waals surface area contributed by atoms with Crippen LogP contribution in [0.4, 0.5) is 0 Å². The number of rotatable bonds is 5. The lowest BCUT2D eigenvalue weighted by atomic mass is 9.90. The Labute approximate surface area is 113 Å². The second kappa shape index (κ2) is 4.91. The molecular weight excluding hydrogens is 244 g/mol. The Hall–Kier alpha value is -0.450. The van der Waals surface area contributed by atoms with Gasteiger partial charge in [0.25, 0.3) is 0 Å². The molecule has 2 aliphatic rings. The lowest BCUT2D eigenvalue weighted by Gasteiger charge is -2.43. The predicted octanol–water partition coefficient (Wildman–Crippen LogP) is 2.47. The third-order valence-electron chi connectivity index (χ3n) is 4.48. The Kier molecular flexibility index (Phi) is 3.43. The van der Waals surface area contributed by atoms with E-state index < -0.39 is 0 Å². The first kappa shape index (κ1) is 12.6. The van der Waals surface area contributed by atoms with Crippen molar-refractivity contribution in [2.45, 2.75) is 49.6 Å². The van der Waals surface area contributed by atoms with Crippen LogP contribution in [0.2, 0.25) is 0 Å². The summed E-state index contributed by atoms with van der Waals surface area (Å²) in [5, 5.41) is 0.623. The molecule has 0 radical (unpaired) electrons. The molecule has 0 bridgehead atoms. The van der Waals surface area contributed by atoms with Gasteiger partial charge in [0.05, 0.1) is 12.8 Å². The fraction of sp³-hybridized carbons (Fsp3) is 0.714. The molecule has 100 valence electrons. The highest BCUT2D eigenvalue weighted by Crippen LogP contribution is 2.45. The van der Waals surface area contributed by atoms with Crippen LogP contribution in [0.25, 0.3) is 0 Å². The van der Waals surface area contributed by atoms with Crippen LogP contribution >= 0.6 is 11.8 Å². The molecule has 2 unspecified atom stereocenters. The second-order valence-electron chi connectivity index (χ2n) is 5.51. The van der Waals surface area contributed by atoms with E-state index in [1.54, 1.807) is 6.26 Å². The van der Waals surface area contributed by atoms with E-state index in [-0.39, 0.29) is 5.54 Å². The smallest absolute Gasteiger partial charge is 0.117 e. The van der Waals surface area contributed by atoms with Gasteiger partial charge in [-0.3, -0.25) is 4.90 Å². The molecule has 0 amide bonds. The minimum absolute atomic E-state index is 0.179. The van der Waals surface area contributed by atoms with Gasteiger partial charge in [-0.05, 0) is 37.1 Å². The summed E-state index contributed by atoms with van der Waals surface area (Å²) >= 11 is 2.06. The van der Waals surface area contributed by atoms with Gasteiger partial charge in [-0.15, -0.1) is 0 Å². The maximum Gasteiger partial charge on any atom is 0.117 e. The number of furan rings is 1. The van der Waals surface area contributed by atoms with Crippen molar-refractivity contribution in [1.29, 1.82) is 0 Å². The van der Waals surface area contributed by atoms with Gasteiger partial charge < -0.3 is 10.2 Å². The number of hydrogen-bond donors (Lipinski definition) is 1. The van der Waals surface area contributed by atoms with Crippen LogP contribution in [0.1, 0.15) is 31.9 Å². The molecule has 1 aromatic rings. The summed E-state index contributed by atoms with van der Waals surface area (Å²) in [4.78, 5) is 2.64. The molecule has 1 aliphatic carbocycles. The molecule has 2 N–H and O–H groups in total. The van der Waals surface area contributed by atoms with Gasteiger partial charge in [0, 0.05) is 23.4 Å². The molecule has 1 saturated carbocycles. The van der Waals surface area contributed by atoms with E-state index in [1.165, 1.54) is 25.0 Å². The van der Waals surface area contributed by atoms with Crippen LogP contribution in [-0.2, 0) is 6.54 Å². The van der Waals surface area contributed by atoms with E-state index in [4.69, 9.17) is 10.2 Å². The number of nitrogens with zero attached hydrogens (tertiary/aromatic N) is 1. The Morgan fingerprint density at radius 2 is 2.39 bits per heavy atom. The SMILES string of the molecule is CC1SCCC1(CN)N(Cc1ccco1)C1CC1. The van der Waals surface area contributed by atoms with E-state index >= 15 is 0 Å². The fourth-order valence-electron chi connectivity index (χ4n) is 3.14. The van der Waals surface area contributed by atoms with Crippen molar-refractivity contribution >= 4 is 11.8 Å². The summed E-state index contributed by atoms with van der Waals surface area (Å²) in [6, 6.07) is 4.77. The molecule has 0 spiro atoms. The first-order valence-electron chi connectivity index (χ1n) is 6.87. The van der Waals surface area contributed by atoms with E-state index in [9.17, 15) is 0 Å². The number of nitrogens with two attached hydrogens (primary N) is 1. The summed E-state index contributed by atoms with van der Waals surface area (Å²) in [6.45, 7) is 4.01. The van der Waals surface area contributed by atoms with Gasteiger partial charge in [0.1, 0.15) is 5.76 Å². The molecule has 3 rings (SSSR count). The second-order valence-corrected chi connectivity index (χ2v) is 6.96. The largest absolute Gasteiger partial charge is 0.468 e. The summed E-state index contributed by atoms with van der Waals surface area (Å²) in [7, 11) is 0. The Morgan fingerprint density at radius 1 is 1.56 bits per heavy atom. The lowest BCUT2D eigenvalue weighted by Crippen LogP contribution is -2.57. The topological polar surface area (TPSA) is 42.4 Å². The molecule has 2 fully saturated rings. The van der Waals surface area contributed by atoms with Crippen LogP contribution in [0.3, 0.4) is 0 Å². The Bertz CT molecular complexity index is 391. The molecule has 1 aromatic heterocycles. The van der Waals surface area contributed by atoms with Gasteiger partial charge in [-0.1, -0.05) is 6.92 Å².